The molecule has 3 rings (SSSR count). The van der Waals surface area contributed by atoms with E-state index in [0.717, 1.165) is 38.5 Å². The van der Waals surface area contributed by atoms with Crippen LogP contribution in [0.3, 0.4) is 0 Å². The Bertz CT molecular complexity index is 1330. The van der Waals surface area contributed by atoms with Gasteiger partial charge in [-0.15, -0.1) is 0 Å². The monoisotopic (exact) mass is 724 g/mol. The van der Waals surface area contributed by atoms with E-state index in [1.54, 1.807) is 20.9 Å². The number of hydrogen-bond donors (Lipinski definition) is 4. The van der Waals surface area contributed by atoms with Gasteiger partial charge in [0.2, 0.25) is 27.6 Å². The van der Waals surface area contributed by atoms with E-state index < -0.39 is 68.6 Å². The van der Waals surface area contributed by atoms with Gasteiger partial charge in [0.15, 0.2) is 0 Å². The summed E-state index contributed by atoms with van der Waals surface area (Å²) in [7, 11) is -2.14. The minimum Gasteiger partial charge on any atom is -0.347 e. The van der Waals surface area contributed by atoms with Gasteiger partial charge in [-0.05, 0) is 69.6 Å². The lowest BCUT2D eigenvalue weighted by Gasteiger charge is -2.41. The third-order valence-corrected chi connectivity index (χ3v) is 12.9. The summed E-state index contributed by atoms with van der Waals surface area (Å²) in [6.07, 6.45) is 7.43. The molecule has 2 saturated carbocycles. The second kappa shape index (κ2) is 17.2. The molecule has 0 radical (unpaired) electrons. The van der Waals surface area contributed by atoms with Crippen LogP contribution < -0.4 is 21.3 Å². The number of ketones is 1. The second-order valence-corrected chi connectivity index (χ2v) is 18.6. The number of amides is 5. The van der Waals surface area contributed by atoms with Crippen LogP contribution in [0.4, 0.5) is 4.79 Å². The van der Waals surface area contributed by atoms with E-state index in [0.29, 0.717) is 32.1 Å². The molecule has 3 aliphatic rings. The Balaban J connectivity index is 1.85. The summed E-state index contributed by atoms with van der Waals surface area (Å²) in [4.78, 5) is 69.8. The summed E-state index contributed by atoms with van der Waals surface area (Å²) in [5.74, 6) is -2.70. The Morgan fingerprint density at radius 2 is 1.56 bits per heavy atom. The summed E-state index contributed by atoms with van der Waals surface area (Å²) in [5.41, 5.74) is -1.75. The largest absolute Gasteiger partial charge is 0.347 e. The predicted molar refractivity (Wildman–Crippen MR) is 193 cm³/mol. The predicted octanol–water partition coefficient (Wildman–Crippen LogP) is 3.47. The fourth-order valence-electron chi connectivity index (χ4n) is 7.20. The van der Waals surface area contributed by atoms with Gasteiger partial charge in [-0.3, -0.25) is 19.2 Å². The van der Waals surface area contributed by atoms with Crippen molar-refractivity contribution in [1.82, 2.24) is 30.5 Å². The van der Waals surface area contributed by atoms with Gasteiger partial charge in [-0.25, -0.2) is 17.5 Å². The fourth-order valence-corrected chi connectivity index (χ4v) is 9.11. The molecule has 4 N–H and O–H groups in total. The quantitative estimate of drug-likeness (QED) is 0.176. The molecule has 13 nitrogen and oxygen atoms in total. The van der Waals surface area contributed by atoms with Crippen molar-refractivity contribution in [2.45, 2.75) is 162 Å². The van der Waals surface area contributed by atoms with Gasteiger partial charge in [0, 0.05) is 25.7 Å². The molecule has 5 amide bonds. The van der Waals surface area contributed by atoms with Gasteiger partial charge in [0.1, 0.15) is 12.1 Å². The van der Waals surface area contributed by atoms with Crippen molar-refractivity contribution in [2.75, 3.05) is 19.3 Å². The molecule has 0 unspecified atom stereocenters. The van der Waals surface area contributed by atoms with Gasteiger partial charge in [-0.1, -0.05) is 73.6 Å². The van der Waals surface area contributed by atoms with Gasteiger partial charge >= 0.3 is 6.03 Å². The average molecular weight is 725 g/mol. The van der Waals surface area contributed by atoms with Crippen molar-refractivity contribution in [3.8, 4) is 0 Å². The topological polar surface area (TPSA) is 174 Å². The van der Waals surface area contributed by atoms with Crippen LogP contribution in [0.1, 0.15) is 126 Å². The number of hydrogen-bond acceptors (Lipinski definition) is 7. The minimum absolute atomic E-state index is 0.0000442. The highest BCUT2D eigenvalue weighted by Crippen LogP contribution is 2.34. The van der Waals surface area contributed by atoms with Crippen molar-refractivity contribution in [1.29, 1.82) is 0 Å². The highest BCUT2D eigenvalue weighted by molar-refractivity contribution is 7.89. The number of likely N-dealkylation sites (tertiary alicyclic amines) is 1. The van der Waals surface area contributed by atoms with Crippen LogP contribution in [0.5, 0.6) is 0 Å². The van der Waals surface area contributed by atoms with Gasteiger partial charge in [-0.2, -0.15) is 0 Å². The number of carbonyl (C=O) groups excluding carboxylic acids is 5. The van der Waals surface area contributed by atoms with Crippen molar-refractivity contribution >= 4 is 39.6 Å². The number of Topliss-reactive ketones (excluding diaryl/α,β-unsaturated/α-hetero) is 1. The Morgan fingerprint density at radius 3 is 2.08 bits per heavy atom. The first kappa shape index (κ1) is 41.7. The van der Waals surface area contributed by atoms with Crippen LogP contribution in [0.15, 0.2) is 0 Å². The zero-order chi connectivity index (χ0) is 37.6. The van der Waals surface area contributed by atoms with Gasteiger partial charge in [0.25, 0.3) is 5.91 Å². The van der Waals surface area contributed by atoms with E-state index in [1.807, 2.05) is 41.5 Å². The van der Waals surface area contributed by atoms with Crippen molar-refractivity contribution < 1.29 is 32.4 Å². The number of nitrogens with one attached hydrogen (secondary N) is 4. The van der Waals surface area contributed by atoms with Crippen LogP contribution in [0.25, 0.3) is 0 Å². The summed E-state index contributed by atoms with van der Waals surface area (Å²) >= 11 is 0. The van der Waals surface area contributed by atoms with Crippen LogP contribution in [0.2, 0.25) is 0 Å². The SMILES string of the molecule is CCCC[C@H](NC(=O)[C@@H]1[C@@H](C(C)C)CCN1C(=O)[C@@H](NC(=O)NC1(CS(=O)(=O)N(C)C(C)C)CCCCC1)C(C)(C)C)C(=O)C(=O)NC1CC1. The fraction of sp³-hybridized carbons (Fsp3) is 0.861. The molecule has 14 heteroatoms. The summed E-state index contributed by atoms with van der Waals surface area (Å²) in [6, 6.07) is -3.82. The molecule has 3 fully saturated rings. The third-order valence-electron chi connectivity index (χ3n) is 10.7. The zero-order valence-electron chi connectivity index (χ0n) is 31.9. The third kappa shape index (κ3) is 10.9. The van der Waals surface area contributed by atoms with E-state index in [4.69, 9.17) is 0 Å². The van der Waals surface area contributed by atoms with E-state index >= 15 is 0 Å². The van der Waals surface area contributed by atoms with Crippen molar-refractivity contribution in [3.63, 3.8) is 0 Å². The Kier molecular flexibility index (Phi) is 14.3. The molecule has 1 aliphatic heterocycles. The molecule has 1 saturated heterocycles. The molecule has 0 spiro atoms. The van der Waals surface area contributed by atoms with E-state index in [1.165, 1.54) is 9.21 Å². The van der Waals surface area contributed by atoms with Crippen LogP contribution in [-0.2, 0) is 29.2 Å². The van der Waals surface area contributed by atoms with Crippen LogP contribution in [0, 0.1) is 17.3 Å². The number of nitrogens with zero attached hydrogens (tertiary/aromatic N) is 2. The number of rotatable bonds is 16. The first-order chi connectivity index (χ1) is 23.2. The van der Waals surface area contributed by atoms with Crippen molar-refractivity contribution in [2.24, 2.45) is 17.3 Å². The van der Waals surface area contributed by atoms with Gasteiger partial charge in [0.05, 0.1) is 17.3 Å². The first-order valence-electron chi connectivity index (χ1n) is 18.7. The molecule has 4 atom stereocenters. The van der Waals surface area contributed by atoms with Crippen LogP contribution >= 0.6 is 0 Å². The van der Waals surface area contributed by atoms with Crippen molar-refractivity contribution in [3.05, 3.63) is 0 Å². The minimum atomic E-state index is -3.69. The Morgan fingerprint density at radius 1 is 0.940 bits per heavy atom. The highest BCUT2D eigenvalue weighted by Gasteiger charge is 2.48. The highest BCUT2D eigenvalue weighted by atomic mass is 32.2. The molecule has 2 aliphatic carbocycles. The maximum Gasteiger partial charge on any atom is 0.315 e. The molecule has 0 aromatic carbocycles. The molecule has 0 aromatic heterocycles. The van der Waals surface area contributed by atoms with E-state index in [-0.39, 0.29) is 36.2 Å². The number of unbranched alkanes of at least 4 members (excludes halogenated alkanes) is 1. The lowest BCUT2D eigenvalue weighted by Crippen LogP contribution is -2.64. The molecular weight excluding hydrogens is 660 g/mol. The molecular formula is C36H64N6O7S. The molecule has 0 bridgehead atoms. The Labute approximate surface area is 300 Å². The second-order valence-electron chi connectivity index (χ2n) is 16.6. The average Bonchev–Trinajstić information content (AvgIpc) is 3.72. The molecule has 0 aromatic rings. The first-order valence-corrected chi connectivity index (χ1v) is 20.3. The maximum atomic E-state index is 14.5. The maximum absolute atomic E-state index is 14.5. The van der Waals surface area contributed by atoms with Gasteiger partial charge < -0.3 is 26.2 Å². The number of sulfonamides is 1. The molecule has 50 heavy (non-hydrogen) atoms. The smallest absolute Gasteiger partial charge is 0.315 e. The van der Waals surface area contributed by atoms with E-state index in [9.17, 15) is 32.4 Å². The summed E-state index contributed by atoms with van der Waals surface area (Å²) < 4.78 is 28.0. The molecule has 1 heterocycles. The van der Waals surface area contributed by atoms with Crippen LogP contribution in [-0.4, -0.2) is 102 Å². The standard InChI is InChI=1S/C36H64N6O7S/c1-10-11-15-27(29(43)32(45)37-25-16-17-25)38-31(44)28-26(23(2)3)18-21-42(28)33(46)30(35(6,7)8)39-34(47)40-36(19-13-12-14-20-36)22-50(48,49)41(9)24(4)5/h23-28,30H,10-22H2,1-9H3,(H,37,45)(H,38,44)(H2,39,40,47)/t26-,27+,28+,30-/m1/s1. The lowest BCUT2D eigenvalue weighted by atomic mass is 9.83. The Hall–Kier alpha value is -2.74. The van der Waals surface area contributed by atoms with E-state index in [2.05, 4.69) is 21.3 Å². The lowest BCUT2D eigenvalue weighted by molar-refractivity contribution is -0.145. The summed E-state index contributed by atoms with van der Waals surface area (Å²) in [6.45, 7) is 15.3. The summed E-state index contributed by atoms with van der Waals surface area (Å²) in [5, 5.41) is 11.5. The number of urea groups is 1. The normalized spacial score (nSPS) is 22.3. The zero-order valence-corrected chi connectivity index (χ0v) is 32.7. The number of carbonyl (C=O) groups is 5. The molecule has 286 valence electrons.